The fourth-order valence-corrected chi connectivity index (χ4v) is 8.91. The van der Waals surface area contributed by atoms with Crippen LogP contribution in [0.4, 0.5) is 0 Å². The Hall–Kier alpha value is -0.0400. The lowest BCUT2D eigenvalue weighted by Gasteiger charge is -2.50. The molecule has 6 rings (SSSR count). The third kappa shape index (κ3) is 1.12. The molecule has 20 heavy (non-hydrogen) atoms. The maximum Gasteiger partial charge on any atom is 0.0160 e. The van der Waals surface area contributed by atoms with E-state index in [1.54, 1.807) is 12.8 Å². The largest absolute Gasteiger partial charge is 0.303 e. The summed E-state index contributed by atoms with van der Waals surface area (Å²) in [6.07, 6.45) is 10.9. The SMILES string of the molecule is CN(CC1CCCCC1)[C@H]1C2C3CC4C5C3CC2C5C41. The second-order valence-corrected chi connectivity index (χ2v) is 9.37. The fraction of sp³-hybridized carbons (Fsp3) is 1.00. The van der Waals surface area contributed by atoms with Crippen molar-refractivity contribution in [3.05, 3.63) is 0 Å². The highest BCUT2D eigenvalue weighted by Crippen LogP contribution is 2.83. The van der Waals surface area contributed by atoms with Gasteiger partial charge in [0.1, 0.15) is 0 Å². The van der Waals surface area contributed by atoms with Crippen LogP contribution in [0.1, 0.15) is 44.9 Å². The predicted molar refractivity (Wildman–Crippen MR) is 80.1 cm³/mol. The van der Waals surface area contributed by atoms with E-state index in [2.05, 4.69) is 11.9 Å². The summed E-state index contributed by atoms with van der Waals surface area (Å²) in [6.45, 7) is 1.44. The number of nitrogens with zero attached hydrogens (tertiary/aromatic N) is 1. The molecule has 0 aliphatic heterocycles. The van der Waals surface area contributed by atoms with Gasteiger partial charge in [-0.05, 0) is 86.0 Å². The molecule has 0 aromatic carbocycles. The van der Waals surface area contributed by atoms with E-state index in [0.29, 0.717) is 0 Å². The molecule has 0 aromatic heterocycles. The van der Waals surface area contributed by atoms with E-state index in [4.69, 9.17) is 0 Å². The van der Waals surface area contributed by atoms with Crippen LogP contribution in [0.5, 0.6) is 0 Å². The third-order valence-electron chi connectivity index (χ3n) is 9.06. The Labute approximate surface area is 123 Å². The number of rotatable bonds is 3. The lowest BCUT2D eigenvalue weighted by atomic mass is 9.58. The first-order valence-electron chi connectivity index (χ1n) is 9.55. The summed E-state index contributed by atoms with van der Waals surface area (Å²) in [7, 11) is 2.50. The summed E-state index contributed by atoms with van der Waals surface area (Å²) < 4.78 is 0. The van der Waals surface area contributed by atoms with Gasteiger partial charge in [0.25, 0.3) is 0 Å². The van der Waals surface area contributed by atoms with E-state index in [1.807, 2.05) is 0 Å². The standard InChI is InChI=1S/C19H29N/c1-20(9-10-5-3-2-4-6-10)19-16-12-8-13-15-11(12)7-14(16)17(15)18(13)19/h10-19H,2-9H2,1H3/t11?,12?,13?,14?,15?,16?,17?,18?,19-/m0/s1. The predicted octanol–water partition coefficient (Wildman–Crippen LogP) is 3.64. The van der Waals surface area contributed by atoms with Crippen molar-refractivity contribution in [2.75, 3.05) is 13.6 Å². The van der Waals surface area contributed by atoms with Gasteiger partial charge in [-0.1, -0.05) is 19.3 Å². The van der Waals surface area contributed by atoms with Gasteiger partial charge in [0, 0.05) is 12.6 Å². The van der Waals surface area contributed by atoms with Crippen molar-refractivity contribution in [1.29, 1.82) is 0 Å². The molecule has 0 amide bonds. The molecule has 6 fully saturated rings. The summed E-state index contributed by atoms with van der Waals surface area (Å²) in [5.74, 6) is 10.6. The Morgan fingerprint density at radius 1 is 0.750 bits per heavy atom. The van der Waals surface area contributed by atoms with E-state index < -0.39 is 0 Å². The number of hydrogen-bond acceptors (Lipinski definition) is 1. The van der Waals surface area contributed by atoms with E-state index in [9.17, 15) is 0 Å². The van der Waals surface area contributed by atoms with Crippen molar-refractivity contribution < 1.29 is 0 Å². The molecule has 110 valence electrons. The van der Waals surface area contributed by atoms with Gasteiger partial charge < -0.3 is 4.90 Å². The highest BCUT2D eigenvalue weighted by atomic mass is 15.2. The molecule has 0 radical (unpaired) electrons. The van der Waals surface area contributed by atoms with Gasteiger partial charge in [0.15, 0.2) is 0 Å². The molecule has 0 N–H and O–H groups in total. The molecule has 9 atom stereocenters. The van der Waals surface area contributed by atoms with Crippen molar-refractivity contribution in [3.8, 4) is 0 Å². The van der Waals surface area contributed by atoms with Crippen LogP contribution in [0.25, 0.3) is 0 Å². The maximum absolute atomic E-state index is 2.89. The quantitative estimate of drug-likeness (QED) is 0.757. The molecule has 0 saturated heterocycles. The van der Waals surface area contributed by atoms with Crippen LogP contribution < -0.4 is 0 Å². The van der Waals surface area contributed by atoms with Crippen molar-refractivity contribution in [2.45, 2.75) is 51.0 Å². The van der Waals surface area contributed by atoms with Crippen LogP contribution in [0.3, 0.4) is 0 Å². The minimum Gasteiger partial charge on any atom is -0.303 e. The van der Waals surface area contributed by atoms with Gasteiger partial charge >= 0.3 is 0 Å². The van der Waals surface area contributed by atoms with Crippen LogP contribution >= 0.6 is 0 Å². The van der Waals surface area contributed by atoms with Gasteiger partial charge in [-0.25, -0.2) is 0 Å². The van der Waals surface area contributed by atoms with Gasteiger partial charge in [-0.15, -0.1) is 0 Å². The average Bonchev–Trinajstić information content (AvgIpc) is 2.98. The summed E-state index contributed by atoms with van der Waals surface area (Å²) >= 11 is 0. The Morgan fingerprint density at radius 3 is 2.25 bits per heavy atom. The van der Waals surface area contributed by atoms with E-state index in [0.717, 1.165) is 23.8 Å². The molecule has 6 saturated carbocycles. The molecule has 6 aliphatic carbocycles. The molecule has 0 heterocycles. The summed E-state index contributed by atoms with van der Waals surface area (Å²) in [5, 5.41) is 0. The van der Waals surface area contributed by atoms with Crippen LogP contribution in [-0.2, 0) is 0 Å². The van der Waals surface area contributed by atoms with E-state index >= 15 is 0 Å². The van der Waals surface area contributed by atoms with Gasteiger partial charge in [-0.2, -0.15) is 0 Å². The summed E-state index contributed by atoms with van der Waals surface area (Å²) in [5.41, 5.74) is 0. The van der Waals surface area contributed by atoms with Gasteiger partial charge in [-0.3, -0.25) is 0 Å². The lowest BCUT2D eigenvalue weighted by Crippen LogP contribution is -2.52. The highest BCUT2D eigenvalue weighted by molar-refractivity contribution is 5.29. The molecule has 1 heteroatoms. The first kappa shape index (κ1) is 11.5. The second kappa shape index (κ2) is 3.65. The lowest BCUT2D eigenvalue weighted by molar-refractivity contribution is -0.0244. The molecule has 0 aromatic rings. The zero-order valence-corrected chi connectivity index (χ0v) is 12.9. The zero-order valence-electron chi connectivity index (χ0n) is 12.9. The first-order chi connectivity index (χ1) is 9.84. The fourth-order valence-electron chi connectivity index (χ4n) is 8.91. The van der Waals surface area contributed by atoms with E-state index in [-0.39, 0.29) is 0 Å². The molecular formula is C19H29N. The molecule has 6 aliphatic rings. The normalized spacial score (nSPS) is 61.8. The molecule has 1 nitrogen and oxygen atoms in total. The van der Waals surface area contributed by atoms with Gasteiger partial charge in [0.2, 0.25) is 0 Å². The van der Waals surface area contributed by atoms with Crippen molar-refractivity contribution in [3.63, 3.8) is 0 Å². The molecular weight excluding hydrogens is 242 g/mol. The number of fused-ring (bicyclic) bond motifs is 2. The monoisotopic (exact) mass is 271 g/mol. The minimum atomic E-state index is 1.03. The van der Waals surface area contributed by atoms with Crippen LogP contribution in [-0.4, -0.2) is 24.5 Å². The summed E-state index contributed by atoms with van der Waals surface area (Å²) in [4.78, 5) is 2.89. The van der Waals surface area contributed by atoms with E-state index in [1.165, 1.54) is 74.2 Å². The van der Waals surface area contributed by atoms with Crippen molar-refractivity contribution in [2.24, 2.45) is 53.3 Å². The van der Waals surface area contributed by atoms with Crippen LogP contribution in [0, 0.1) is 53.3 Å². The summed E-state index contributed by atoms with van der Waals surface area (Å²) in [6, 6.07) is 1.03. The minimum absolute atomic E-state index is 1.03. The topological polar surface area (TPSA) is 3.24 Å². The van der Waals surface area contributed by atoms with Crippen LogP contribution in [0.15, 0.2) is 0 Å². The van der Waals surface area contributed by atoms with Crippen molar-refractivity contribution in [1.82, 2.24) is 4.90 Å². The van der Waals surface area contributed by atoms with Crippen molar-refractivity contribution >= 4 is 0 Å². The third-order valence-corrected chi connectivity index (χ3v) is 9.06. The molecule has 0 spiro atoms. The Balaban J connectivity index is 1.25. The first-order valence-corrected chi connectivity index (χ1v) is 9.55. The molecule has 8 unspecified atom stereocenters. The Bertz CT molecular complexity index is 433. The highest BCUT2D eigenvalue weighted by Gasteiger charge is 2.80. The Kier molecular flexibility index (Phi) is 2.10. The number of hydrogen-bond donors (Lipinski definition) is 0. The zero-order chi connectivity index (χ0) is 13.0. The smallest absolute Gasteiger partial charge is 0.0160 e. The maximum atomic E-state index is 2.89. The average molecular weight is 271 g/mol. The Morgan fingerprint density at radius 2 is 1.45 bits per heavy atom. The van der Waals surface area contributed by atoms with Crippen LogP contribution in [0.2, 0.25) is 0 Å². The molecule has 2 bridgehead atoms. The second-order valence-electron chi connectivity index (χ2n) is 9.37. The van der Waals surface area contributed by atoms with Gasteiger partial charge in [0.05, 0.1) is 0 Å².